The maximum Gasteiger partial charge on any atom is 0.253 e. The summed E-state index contributed by atoms with van der Waals surface area (Å²) in [7, 11) is 3.39. The summed E-state index contributed by atoms with van der Waals surface area (Å²) in [5.74, 6) is 0.213. The fourth-order valence-electron chi connectivity index (χ4n) is 4.31. The van der Waals surface area contributed by atoms with Gasteiger partial charge in [0.25, 0.3) is 5.91 Å². The summed E-state index contributed by atoms with van der Waals surface area (Å²) in [6, 6.07) is 10.4. The van der Waals surface area contributed by atoms with Crippen molar-refractivity contribution in [3.05, 3.63) is 64.3 Å². The highest BCUT2D eigenvalue weighted by Crippen LogP contribution is 2.44. The number of ketones is 1. The lowest BCUT2D eigenvalue weighted by Crippen LogP contribution is -2.34. The van der Waals surface area contributed by atoms with Crippen molar-refractivity contribution in [2.24, 2.45) is 0 Å². The van der Waals surface area contributed by atoms with E-state index in [1.807, 2.05) is 19.9 Å². The minimum absolute atomic E-state index is 0.112. The first kappa shape index (κ1) is 23.0. The Morgan fingerprint density at radius 2 is 1.85 bits per heavy atom. The number of hydrogen-bond acceptors (Lipinski definition) is 6. The topological polar surface area (TPSA) is 123 Å². The molecule has 8 nitrogen and oxygen atoms in total. The van der Waals surface area contributed by atoms with Gasteiger partial charge in [0.2, 0.25) is 0 Å². The molecule has 8 heteroatoms. The van der Waals surface area contributed by atoms with Crippen molar-refractivity contribution in [2.45, 2.75) is 31.5 Å². The van der Waals surface area contributed by atoms with E-state index in [2.05, 4.69) is 4.98 Å². The van der Waals surface area contributed by atoms with Crippen LogP contribution in [0.5, 0.6) is 5.75 Å². The molecule has 0 bridgehead atoms. The van der Waals surface area contributed by atoms with Gasteiger partial charge in [-0.15, -0.1) is 0 Å². The normalized spacial score (nSPS) is 16.2. The fraction of sp³-hybridized carbons (Fsp3) is 0.360. The second-order valence-corrected chi connectivity index (χ2v) is 9.12. The van der Waals surface area contributed by atoms with Crippen LogP contribution in [-0.2, 0) is 5.41 Å². The lowest BCUT2D eigenvalue weighted by Gasteiger charge is -2.32. The zero-order chi connectivity index (χ0) is 24.1. The van der Waals surface area contributed by atoms with Crippen LogP contribution in [0.3, 0.4) is 0 Å². The van der Waals surface area contributed by atoms with Crippen LogP contribution >= 0.6 is 0 Å². The smallest absolute Gasteiger partial charge is 0.253 e. The predicted octanol–water partition coefficient (Wildman–Crippen LogP) is 1.83. The van der Waals surface area contributed by atoms with E-state index in [4.69, 9.17) is 9.84 Å². The Balaban J connectivity index is 1.74. The Kier molecular flexibility index (Phi) is 5.78. The first-order chi connectivity index (χ1) is 15.6. The van der Waals surface area contributed by atoms with Gasteiger partial charge < -0.3 is 29.9 Å². The number of benzene rings is 2. The SMILES string of the molecule is CN(C)C(=O)c1ccc2c3c([nH]c2c1)C(C)(C)c1cc(OC[C@@H](O)C(O)CO)ccc1C3=O. The Morgan fingerprint density at radius 1 is 1.12 bits per heavy atom. The fourth-order valence-corrected chi connectivity index (χ4v) is 4.31. The van der Waals surface area contributed by atoms with Gasteiger partial charge in [-0.3, -0.25) is 9.59 Å². The van der Waals surface area contributed by atoms with E-state index < -0.39 is 24.2 Å². The number of ether oxygens (including phenoxy) is 1. The predicted molar refractivity (Wildman–Crippen MR) is 123 cm³/mol. The Bertz CT molecular complexity index is 1240. The quantitative estimate of drug-likeness (QED) is 0.453. The van der Waals surface area contributed by atoms with Crippen LogP contribution in [0.4, 0.5) is 0 Å². The molecule has 174 valence electrons. The van der Waals surface area contributed by atoms with E-state index in [-0.39, 0.29) is 18.3 Å². The average molecular weight is 453 g/mol. The van der Waals surface area contributed by atoms with Gasteiger partial charge >= 0.3 is 0 Å². The van der Waals surface area contributed by atoms with Crippen LogP contribution in [0.15, 0.2) is 36.4 Å². The van der Waals surface area contributed by atoms with Gasteiger partial charge in [0.15, 0.2) is 5.78 Å². The van der Waals surface area contributed by atoms with E-state index in [1.165, 1.54) is 4.90 Å². The van der Waals surface area contributed by atoms with Crippen molar-refractivity contribution >= 4 is 22.6 Å². The molecule has 4 rings (SSSR count). The molecule has 0 spiro atoms. The van der Waals surface area contributed by atoms with E-state index >= 15 is 0 Å². The minimum Gasteiger partial charge on any atom is -0.491 e. The standard InChI is InChI=1S/C25H28N2O6/c1-25(2)17-10-14(33-12-20(30)19(29)11-28)6-8-15(17)22(31)21-16-7-5-13(24(32)27(3)4)9-18(16)26-23(21)25/h5-10,19-20,26,28-30H,11-12H2,1-4H3/t19?,20-/m1/s1. The molecule has 1 unspecified atom stereocenters. The molecule has 0 fully saturated rings. The number of aliphatic hydroxyl groups is 3. The molecule has 1 amide bonds. The summed E-state index contributed by atoms with van der Waals surface area (Å²) in [6.07, 6.45) is -2.53. The molecule has 1 aliphatic carbocycles. The third-order valence-electron chi connectivity index (χ3n) is 6.26. The summed E-state index contributed by atoms with van der Waals surface area (Å²) in [4.78, 5) is 30.7. The molecule has 2 aromatic carbocycles. The number of H-pyrrole nitrogens is 1. The number of aromatic nitrogens is 1. The molecule has 1 aliphatic rings. The summed E-state index contributed by atoms with van der Waals surface area (Å²) in [5.41, 5.74) is 3.38. The first-order valence-corrected chi connectivity index (χ1v) is 10.7. The lowest BCUT2D eigenvalue weighted by molar-refractivity contribution is -0.0339. The summed E-state index contributed by atoms with van der Waals surface area (Å²) in [6.45, 7) is 3.25. The largest absolute Gasteiger partial charge is 0.491 e. The first-order valence-electron chi connectivity index (χ1n) is 10.7. The van der Waals surface area contributed by atoms with Crippen LogP contribution < -0.4 is 4.74 Å². The highest BCUT2D eigenvalue weighted by Gasteiger charge is 2.40. The average Bonchev–Trinajstić information content (AvgIpc) is 3.20. The molecule has 33 heavy (non-hydrogen) atoms. The Hall–Kier alpha value is -3.20. The van der Waals surface area contributed by atoms with Gasteiger partial charge in [0.05, 0.1) is 12.2 Å². The molecule has 3 aromatic rings. The third kappa shape index (κ3) is 3.80. The van der Waals surface area contributed by atoms with E-state index in [9.17, 15) is 19.8 Å². The number of carbonyl (C=O) groups excluding carboxylic acids is 2. The van der Waals surface area contributed by atoms with Crippen LogP contribution in [0.2, 0.25) is 0 Å². The zero-order valence-corrected chi connectivity index (χ0v) is 19.0. The Morgan fingerprint density at radius 3 is 2.52 bits per heavy atom. The van der Waals surface area contributed by atoms with Crippen molar-refractivity contribution in [1.29, 1.82) is 0 Å². The number of fused-ring (bicyclic) bond motifs is 4. The van der Waals surface area contributed by atoms with E-state index in [1.54, 1.807) is 44.4 Å². The molecule has 0 saturated carbocycles. The molecule has 0 radical (unpaired) electrons. The van der Waals surface area contributed by atoms with E-state index in [0.29, 0.717) is 22.4 Å². The molecular weight excluding hydrogens is 424 g/mol. The van der Waals surface area contributed by atoms with E-state index in [0.717, 1.165) is 22.2 Å². The van der Waals surface area contributed by atoms with Crippen LogP contribution in [0.25, 0.3) is 10.9 Å². The lowest BCUT2D eigenvalue weighted by atomic mass is 9.71. The van der Waals surface area contributed by atoms with Gasteiger partial charge in [-0.05, 0) is 35.9 Å². The number of aliphatic hydroxyl groups excluding tert-OH is 3. The van der Waals surface area contributed by atoms with Crippen LogP contribution in [0.1, 0.15) is 51.4 Å². The zero-order valence-electron chi connectivity index (χ0n) is 19.0. The molecule has 4 N–H and O–H groups in total. The maximum atomic E-state index is 13.5. The van der Waals surface area contributed by atoms with Crippen LogP contribution in [-0.4, -0.2) is 76.4 Å². The number of hydrogen-bond donors (Lipinski definition) is 4. The molecule has 1 aromatic heterocycles. The number of nitrogens with one attached hydrogen (secondary N) is 1. The second-order valence-electron chi connectivity index (χ2n) is 9.12. The molecule has 1 heterocycles. The summed E-state index contributed by atoms with van der Waals surface area (Å²) in [5, 5.41) is 29.1. The van der Waals surface area contributed by atoms with Crippen LogP contribution in [0, 0.1) is 0 Å². The molecule has 0 saturated heterocycles. The number of carbonyl (C=O) groups is 2. The molecular formula is C25H28N2O6. The number of rotatable bonds is 6. The number of nitrogens with zero attached hydrogens (tertiary/aromatic N) is 1. The number of amides is 1. The third-order valence-corrected chi connectivity index (χ3v) is 6.26. The maximum absolute atomic E-state index is 13.5. The van der Waals surface area contributed by atoms with Crippen molar-refractivity contribution in [3.8, 4) is 5.75 Å². The van der Waals surface area contributed by atoms with Crippen molar-refractivity contribution < 1.29 is 29.6 Å². The molecule has 2 atom stereocenters. The minimum atomic E-state index is -1.29. The Labute approximate surface area is 191 Å². The molecule has 0 aliphatic heterocycles. The van der Waals surface area contributed by atoms with Crippen molar-refractivity contribution in [3.63, 3.8) is 0 Å². The van der Waals surface area contributed by atoms with Gasteiger partial charge in [0.1, 0.15) is 24.6 Å². The summed E-state index contributed by atoms with van der Waals surface area (Å²) < 4.78 is 5.61. The van der Waals surface area contributed by atoms with Gasteiger partial charge in [-0.25, -0.2) is 0 Å². The highest BCUT2D eigenvalue weighted by atomic mass is 16.5. The van der Waals surface area contributed by atoms with Gasteiger partial charge in [-0.2, -0.15) is 0 Å². The van der Waals surface area contributed by atoms with Crippen molar-refractivity contribution in [2.75, 3.05) is 27.3 Å². The highest BCUT2D eigenvalue weighted by molar-refractivity contribution is 6.20. The summed E-state index contributed by atoms with van der Waals surface area (Å²) >= 11 is 0. The number of aromatic amines is 1. The second kappa shape index (κ2) is 8.30. The van der Waals surface area contributed by atoms with Gasteiger partial charge in [0, 0.05) is 47.2 Å². The monoisotopic (exact) mass is 452 g/mol. The van der Waals surface area contributed by atoms with Crippen molar-refractivity contribution in [1.82, 2.24) is 9.88 Å². The van der Waals surface area contributed by atoms with Gasteiger partial charge in [-0.1, -0.05) is 19.9 Å².